The van der Waals surface area contributed by atoms with Crippen molar-refractivity contribution in [2.24, 2.45) is 0 Å². The molecule has 0 spiro atoms. The summed E-state index contributed by atoms with van der Waals surface area (Å²) in [6.07, 6.45) is 1.42. The zero-order valence-corrected chi connectivity index (χ0v) is 9.45. The molecule has 0 saturated heterocycles. The van der Waals surface area contributed by atoms with Crippen molar-refractivity contribution < 1.29 is 14.3 Å². The number of aromatic carboxylic acids is 1. The van der Waals surface area contributed by atoms with Crippen LogP contribution >= 0.6 is 11.8 Å². The number of aromatic nitrogens is 1. The molecule has 0 aliphatic carbocycles. The second-order valence-electron chi connectivity index (χ2n) is 3.25. The Kier molecular flexibility index (Phi) is 3.39. The van der Waals surface area contributed by atoms with Crippen LogP contribution in [0.4, 0.5) is 4.39 Å². The normalized spacial score (nSPS) is 10.2. The summed E-state index contributed by atoms with van der Waals surface area (Å²) in [7, 11) is 0. The van der Waals surface area contributed by atoms with Gasteiger partial charge in [0.25, 0.3) is 0 Å². The van der Waals surface area contributed by atoms with Crippen molar-refractivity contribution in [1.29, 1.82) is 0 Å². The molecule has 17 heavy (non-hydrogen) atoms. The molecule has 0 bridgehead atoms. The summed E-state index contributed by atoms with van der Waals surface area (Å²) in [4.78, 5) is 15.5. The molecule has 0 fully saturated rings. The third-order valence-corrected chi connectivity index (χ3v) is 2.92. The zero-order valence-electron chi connectivity index (χ0n) is 8.63. The standard InChI is InChI=1S/C12H8FNO2S/c13-9-2-1-3-10(7-9)17-11-6-8(12(15)16)4-5-14-11/h1-7H,(H,15,16). The van der Waals surface area contributed by atoms with Gasteiger partial charge in [0.05, 0.1) is 5.56 Å². The molecule has 0 aliphatic rings. The largest absolute Gasteiger partial charge is 0.478 e. The topological polar surface area (TPSA) is 50.2 Å². The molecule has 0 radical (unpaired) electrons. The molecule has 1 aromatic heterocycles. The molecule has 0 unspecified atom stereocenters. The van der Waals surface area contributed by atoms with Crippen LogP contribution in [0.5, 0.6) is 0 Å². The van der Waals surface area contributed by atoms with Crippen molar-refractivity contribution in [1.82, 2.24) is 4.98 Å². The summed E-state index contributed by atoms with van der Waals surface area (Å²) < 4.78 is 12.9. The molecule has 0 aliphatic heterocycles. The van der Waals surface area contributed by atoms with Crippen LogP contribution in [0, 0.1) is 5.82 Å². The Morgan fingerprint density at radius 3 is 2.82 bits per heavy atom. The van der Waals surface area contributed by atoms with E-state index in [0.717, 1.165) is 0 Å². The molecule has 1 aromatic carbocycles. The van der Waals surface area contributed by atoms with E-state index in [9.17, 15) is 9.18 Å². The maximum Gasteiger partial charge on any atom is 0.335 e. The highest BCUT2D eigenvalue weighted by Gasteiger charge is 2.05. The van der Waals surface area contributed by atoms with Crippen LogP contribution in [0.2, 0.25) is 0 Å². The van der Waals surface area contributed by atoms with Crippen molar-refractivity contribution in [3.63, 3.8) is 0 Å². The van der Waals surface area contributed by atoms with E-state index in [4.69, 9.17) is 5.11 Å². The Labute approximate surface area is 101 Å². The van der Waals surface area contributed by atoms with E-state index >= 15 is 0 Å². The smallest absolute Gasteiger partial charge is 0.335 e. The molecule has 0 amide bonds. The Morgan fingerprint density at radius 1 is 1.29 bits per heavy atom. The fourth-order valence-corrected chi connectivity index (χ4v) is 2.11. The fraction of sp³-hybridized carbons (Fsp3) is 0. The maximum atomic E-state index is 12.9. The van der Waals surface area contributed by atoms with Crippen molar-refractivity contribution in [2.75, 3.05) is 0 Å². The van der Waals surface area contributed by atoms with E-state index in [1.807, 2.05) is 0 Å². The van der Waals surface area contributed by atoms with Gasteiger partial charge < -0.3 is 5.11 Å². The average Bonchev–Trinajstić information content (AvgIpc) is 2.29. The minimum absolute atomic E-state index is 0.166. The van der Waals surface area contributed by atoms with E-state index in [2.05, 4.69) is 4.98 Å². The van der Waals surface area contributed by atoms with E-state index in [1.165, 1.54) is 42.2 Å². The van der Waals surface area contributed by atoms with E-state index in [0.29, 0.717) is 9.92 Å². The van der Waals surface area contributed by atoms with Crippen molar-refractivity contribution in [2.45, 2.75) is 9.92 Å². The molecule has 86 valence electrons. The highest BCUT2D eigenvalue weighted by atomic mass is 32.2. The number of hydrogen-bond donors (Lipinski definition) is 1. The van der Waals surface area contributed by atoms with Crippen molar-refractivity contribution in [3.05, 3.63) is 54.0 Å². The predicted molar refractivity (Wildman–Crippen MR) is 61.7 cm³/mol. The monoisotopic (exact) mass is 249 g/mol. The van der Waals surface area contributed by atoms with Gasteiger partial charge in [-0.25, -0.2) is 14.2 Å². The second kappa shape index (κ2) is 4.97. The van der Waals surface area contributed by atoms with Gasteiger partial charge in [-0.15, -0.1) is 0 Å². The summed E-state index contributed by atoms with van der Waals surface area (Å²) in [6, 6.07) is 8.93. The van der Waals surface area contributed by atoms with Gasteiger partial charge in [0.2, 0.25) is 0 Å². The first kappa shape index (κ1) is 11.6. The highest BCUT2D eigenvalue weighted by molar-refractivity contribution is 7.99. The lowest BCUT2D eigenvalue weighted by Crippen LogP contribution is -1.96. The number of halogens is 1. The number of benzene rings is 1. The lowest BCUT2D eigenvalue weighted by molar-refractivity contribution is 0.0696. The molecule has 1 N–H and O–H groups in total. The first-order valence-corrected chi connectivity index (χ1v) is 5.59. The number of hydrogen-bond acceptors (Lipinski definition) is 3. The van der Waals surface area contributed by atoms with Crippen molar-refractivity contribution in [3.8, 4) is 0 Å². The number of carboxylic acid groups (broad SMARTS) is 1. The molecule has 2 rings (SSSR count). The summed E-state index contributed by atoms with van der Waals surface area (Å²) in [5.74, 6) is -1.34. The third kappa shape index (κ3) is 3.04. The van der Waals surface area contributed by atoms with Crippen LogP contribution in [0.15, 0.2) is 52.5 Å². The van der Waals surface area contributed by atoms with Gasteiger partial charge in [0.15, 0.2) is 0 Å². The first-order chi connectivity index (χ1) is 8.15. The molecule has 3 nitrogen and oxygen atoms in total. The lowest BCUT2D eigenvalue weighted by atomic mass is 10.3. The Balaban J connectivity index is 2.24. The fourth-order valence-electron chi connectivity index (χ4n) is 1.25. The third-order valence-electron chi connectivity index (χ3n) is 2.00. The van der Waals surface area contributed by atoms with Gasteiger partial charge in [0.1, 0.15) is 10.8 Å². The quantitative estimate of drug-likeness (QED) is 0.908. The van der Waals surface area contributed by atoms with Gasteiger partial charge in [0, 0.05) is 11.1 Å². The number of rotatable bonds is 3. The predicted octanol–water partition coefficient (Wildman–Crippen LogP) is 3.07. The van der Waals surface area contributed by atoms with Crippen LogP contribution in [0.3, 0.4) is 0 Å². The SMILES string of the molecule is O=C(O)c1ccnc(Sc2cccc(F)c2)c1. The molecule has 0 atom stereocenters. The summed E-state index contributed by atoms with van der Waals surface area (Å²) in [5.41, 5.74) is 0.166. The Morgan fingerprint density at radius 2 is 2.12 bits per heavy atom. The molecule has 0 saturated carbocycles. The zero-order chi connectivity index (χ0) is 12.3. The number of nitrogens with zero attached hydrogens (tertiary/aromatic N) is 1. The number of carboxylic acids is 1. The van der Waals surface area contributed by atoms with Gasteiger partial charge >= 0.3 is 5.97 Å². The molecule has 1 heterocycles. The maximum absolute atomic E-state index is 12.9. The molecule has 2 aromatic rings. The van der Waals surface area contributed by atoms with Crippen LogP contribution in [-0.2, 0) is 0 Å². The second-order valence-corrected chi connectivity index (χ2v) is 4.34. The lowest BCUT2D eigenvalue weighted by Gasteiger charge is -2.01. The van der Waals surface area contributed by atoms with Crippen LogP contribution in [0.1, 0.15) is 10.4 Å². The molecule has 5 heteroatoms. The number of carbonyl (C=O) groups is 1. The van der Waals surface area contributed by atoms with Crippen LogP contribution < -0.4 is 0 Å². The first-order valence-electron chi connectivity index (χ1n) is 4.78. The summed E-state index contributed by atoms with van der Waals surface area (Å²) >= 11 is 1.22. The average molecular weight is 249 g/mol. The van der Waals surface area contributed by atoms with E-state index < -0.39 is 5.97 Å². The Hall–Kier alpha value is -1.88. The minimum Gasteiger partial charge on any atom is -0.478 e. The minimum atomic E-state index is -1.01. The summed E-state index contributed by atoms with van der Waals surface area (Å²) in [5, 5.41) is 9.35. The molecular formula is C12H8FNO2S. The highest BCUT2D eigenvalue weighted by Crippen LogP contribution is 2.26. The van der Waals surface area contributed by atoms with E-state index in [1.54, 1.807) is 12.1 Å². The van der Waals surface area contributed by atoms with Gasteiger partial charge in [-0.2, -0.15) is 0 Å². The van der Waals surface area contributed by atoms with Gasteiger partial charge in [-0.3, -0.25) is 0 Å². The van der Waals surface area contributed by atoms with Gasteiger partial charge in [-0.05, 0) is 30.3 Å². The summed E-state index contributed by atoms with van der Waals surface area (Å²) in [6.45, 7) is 0. The van der Waals surface area contributed by atoms with Crippen LogP contribution in [-0.4, -0.2) is 16.1 Å². The van der Waals surface area contributed by atoms with Gasteiger partial charge in [-0.1, -0.05) is 17.8 Å². The van der Waals surface area contributed by atoms with E-state index in [-0.39, 0.29) is 11.4 Å². The Bertz CT molecular complexity index is 560. The molecular weight excluding hydrogens is 241 g/mol. The number of pyridine rings is 1. The van der Waals surface area contributed by atoms with Crippen molar-refractivity contribution >= 4 is 17.7 Å². The van der Waals surface area contributed by atoms with Crippen LogP contribution in [0.25, 0.3) is 0 Å².